The van der Waals surface area contributed by atoms with Gasteiger partial charge in [-0.05, 0) is 51.2 Å². The van der Waals surface area contributed by atoms with E-state index >= 15 is 0 Å². The molecule has 1 atom stereocenters. The maximum absolute atomic E-state index is 12.6. The average molecular weight is 314 g/mol. The molecule has 23 heavy (non-hydrogen) atoms. The highest BCUT2D eigenvalue weighted by Crippen LogP contribution is 2.30. The Kier molecular flexibility index (Phi) is 4.11. The summed E-state index contributed by atoms with van der Waals surface area (Å²) in [6.07, 6.45) is 2.52. The molecule has 1 aromatic heterocycles. The number of aryl methyl sites for hydroxylation is 3. The fraction of sp³-hybridized carbons (Fsp3) is 0.444. The number of carbonyl (C=O) groups is 2. The van der Waals surface area contributed by atoms with Crippen molar-refractivity contribution < 1.29 is 14.0 Å². The number of hydrogen-bond donors (Lipinski definition) is 2. The fourth-order valence-corrected chi connectivity index (χ4v) is 3.19. The third kappa shape index (κ3) is 2.83. The Morgan fingerprint density at radius 2 is 1.96 bits per heavy atom. The zero-order valence-corrected chi connectivity index (χ0v) is 13.8. The predicted octanol–water partition coefficient (Wildman–Crippen LogP) is 2.76. The lowest BCUT2D eigenvalue weighted by Gasteiger charge is -2.14. The number of amides is 2. The molecule has 2 amide bonds. The van der Waals surface area contributed by atoms with E-state index in [1.807, 2.05) is 32.9 Å². The third-order valence-corrected chi connectivity index (χ3v) is 4.53. The van der Waals surface area contributed by atoms with Crippen molar-refractivity contribution in [3.8, 4) is 0 Å². The molecule has 1 saturated heterocycles. The Labute approximate surface area is 135 Å². The highest BCUT2D eigenvalue weighted by atomic mass is 16.3. The van der Waals surface area contributed by atoms with E-state index in [0.29, 0.717) is 18.7 Å². The minimum absolute atomic E-state index is 0.114. The van der Waals surface area contributed by atoms with Gasteiger partial charge in [-0.3, -0.25) is 9.59 Å². The smallest absolute Gasteiger partial charge is 0.287 e. The maximum atomic E-state index is 12.6. The molecule has 0 radical (unpaired) electrons. The molecule has 0 aliphatic carbocycles. The molecule has 3 rings (SSSR count). The Bertz CT molecular complexity index is 776. The van der Waals surface area contributed by atoms with Crippen LogP contribution in [0.4, 0.5) is 0 Å². The van der Waals surface area contributed by atoms with E-state index in [1.54, 1.807) is 0 Å². The highest BCUT2D eigenvalue weighted by molar-refractivity contribution is 6.02. The lowest BCUT2D eigenvalue weighted by atomic mass is 10.0. The molecule has 0 bridgehead atoms. The third-order valence-electron chi connectivity index (χ3n) is 4.53. The van der Waals surface area contributed by atoms with Gasteiger partial charge in [0.25, 0.3) is 5.91 Å². The summed E-state index contributed by atoms with van der Waals surface area (Å²) in [4.78, 5) is 24.6. The van der Waals surface area contributed by atoms with Crippen molar-refractivity contribution in [1.82, 2.24) is 10.6 Å². The van der Waals surface area contributed by atoms with E-state index in [9.17, 15) is 9.59 Å². The summed E-state index contributed by atoms with van der Waals surface area (Å²) in [5.41, 5.74) is 3.66. The van der Waals surface area contributed by atoms with Gasteiger partial charge in [-0.15, -0.1) is 0 Å². The van der Waals surface area contributed by atoms with Gasteiger partial charge >= 0.3 is 0 Å². The first-order chi connectivity index (χ1) is 11.0. The fourth-order valence-electron chi connectivity index (χ4n) is 3.19. The summed E-state index contributed by atoms with van der Waals surface area (Å²) < 4.78 is 5.84. The van der Waals surface area contributed by atoms with Crippen LogP contribution in [0, 0.1) is 20.8 Å². The first-order valence-corrected chi connectivity index (χ1v) is 8.07. The molecule has 0 saturated carbocycles. The average Bonchev–Trinajstić information content (AvgIpc) is 2.75. The second-order valence-electron chi connectivity index (χ2n) is 6.27. The summed E-state index contributed by atoms with van der Waals surface area (Å²) in [6, 6.07) is 3.53. The van der Waals surface area contributed by atoms with Crippen molar-refractivity contribution >= 4 is 22.8 Å². The van der Waals surface area contributed by atoms with E-state index in [0.717, 1.165) is 40.5 Å². The summed E-state index contributed by atoms with van der Waals surface area (Å²) in [6.45, 7) is 6.53. The standard InChI is InChI=1S/C18H22N2O3/c1-10-7-8-11(2)15-14(10)12(3)16(23-15)18(22)20-13-6-4-5-9-19-17(13)21/h7-8,13H,4-6,9H2,1-3H3,(H,19,21)(H,20,22). The summed E-state index contributed by atoms with van der Waals surface area (Å²) in [5.74, 6) is -0.133. The van der Waals surface area contributed by atoms with Crippen LogP contribution < -0.4 is 10.6 Å². The van der Waals surface area contributed by atoms with Crippen molar-refractivity contribution in [1.29, 1.82) is 0 Å². The molecule has 2 N–H and O–H groups in total. The van der Waals surface area contributed by atoms with Gasteiger partial charge in [0.15, 0.2) is 5.76 Å². The van der Waals surface area contributed by atoms with Gasteiger partial charge in [0.2, 0.25) is 5.91 Å². The Hall–Kier alpha value is -2.30. The van der Waals surface area contributed by atoms with Crippen molar-refractivity contribution in [2.24, 2.45) is 0 Å². The summed E-state index contributed by atoms with van der Waals surface area (Å²) in [7, 11) is 0. The minimum Gasteiger partial charge on any atom is -0.450 e. The molecule has 2 aromatic rings. The lowest BCUT2D eigenvalue weighted by Crippen LogP contribution is -2.45. The van der Waals surface area contributed by atoms with Gasteiger partial charge in [-0.1, -0.05) is 12.1 Å². The van der Waals surface area contributed by atoms with Crippen LogP contribution in [0.3, 0.4) is 0 Å². The second-order valence-corrected chi connectivity index (χ2v) is 6.27. The SMILES string of the molecule is Cc1ccc(C)c2c(C)c(C(=O)NC3CCCCNC3=O)oc12. The first kappa shape index (κ1) is 15.6. The monoisotopic (exact) mass is 314 g/mol. The van der Waals surface area contributed by atoms with Crippen molar-refractivity contribution in [2.45, 2.75) is 46.1 Å². The molecule has 122 valence electrons. The van der Waals surface area contributed by atoms with Gasteiger partial charge in [0, 0.05) is 17.5 Å². The Balaban J connectivity index is 1.92. The molecule has 5 nitrogen and oxygen atoms in total. The molecular weight excluding hydrogens is 292 g/mol. The number of furan rings is 1. The number of benzene rings is 1. The summed E-state index contributed by atoms with van der Waals surface area (Å²) >= 11 is 0. The van der Waals surface area contributed by atoms with E-state index in [4.69, 9.17) is 4.42 Å². The van der Waals surface area contributed by atoms with Crippen LogP contribution in [-0.2, 0) is 4.79 Å². The topological polar surface area (TPSA) is 71.3 Å². The Morgan fingerprint density at radius 3 is 2.70 bits per heavy atom. The zero-order chi connectivity index (χ0) is 16.6. The molecule has 1 aliphatic rings. The van der Waals surface area contributed by atoms with Crippen LogP contribution in [0.5, 0.6) is 0 Å². The van der Waals surface area contributed by atoms with Gasteiger partial charge in [0.1, 0.15) is 11.6 Å². The summed E-state index contributed by atoms with van der Waals surface area (Å²) in [5, 5.41) is 6.63. The molecule has 5 heteroatoms. The number of hydrogen-bond acceptors (Lipinski definition) is 3. The predicted molar refractivity (Wildman–Crippen MR) is 88.5 cm³/mol. The van der Waals surface area contributed by atoms with Crippen LogP contribution in [0.25, 0.3) is 11.0 Å². The minimum atomic E-state index is -0.486. The van der Waals surface area contributed by atoms with Gasteiger partial charge in [-0.2, -0.15) is 0 Å². The molecule has 1 fully saturated rings. The van der Waals surface area contributed by atoms with Crippen molar-refractivity contribution in [2.75, 3.05) is 6.54 Å². The number of nitrogens with one attached hydrogen (secondary N) is 2. The van der Waals surface area contributed by atoms with E-state index in [-0.39, 0.29) is 11.8 Å². The first-order valence-electron chi connectivity index (χ1n) is 8.07. The van der Waals surface area contributed by atoms with Gasteiger partial charge in [0.05, 0.1) is 0 Å². The van der Waals surface area contributed by atoms with Crippen LogP contribution >= 0.6 is 0 Å². The van der Waals surface area contributed by atoms with Crippen LogP contribution in [-0.4, -0.2) is 24.4 Å². The van der Waals surface area contributed by atoms with E-state index in [2.05, 4.69) is 10.6 Å². The molecule has 2 heterocycles. The molecule has 0 spiro atoms. The van der Waals surface area contributed by atoms with E-state index < -0.39 is 6.04 Å². The van der Waals surface area contributed by atoms with Crippen LogP contribution in [0.15, 0.2) is 16.5 Å². The van der Waals surface area contributed by atoms with E-state index in [1.165, 1.54) is 0 Å². The number of carbonyl (C=O) groups excluding carboxylic acids is 2. The highest BCUT2D eigenvalue weighted by Gasteiger charge is 2.26. The number of rotatable bonds is 2. The van der Waals surface area contributed by atoms with Crippen LogP contribution in [0.2, 0.25) is 0 Å². The van der Waals surface area contributed by atoms with Crippen molar-refractivity contribution in [3.63, 3.8) is 0 Å². The lowest BCUT2D eigenvalue weighted by molar-refractivity contribution is -0.122. The molecule has 1 unspecified atom stereocenters. The molecule has 1 aliphatic heterocycles. The van der Waals surface area contributed by atoms with Gasteiger partial charge in [-0.25, -0.2) is 0 Å². The normalized spacial score (nSPS) is 18.6. The van der Waals surface area contributed by atoms with Crippen LogP contribution in [0.1, 0.15) is 46.5 Å². The van der Waals surface area contributed by atoms with Crippen molar-refractivity contribution in [3.05, 3.63) is 34.6 Å². The number of fused-ring (bicyclic) bond motifs is 1. The Morgan fingerprint density at radius 1 is 1.22 bits per heavy atom. The zero-order valence-electron chi connectivity index (χ0n) is 13.8. The molecule has 1 aromatic carbocycles. The molecular formula is C18H22N2O3. The largest absolute Gasteiger partial charge is 0.450 e. The second kappa shape index (κ2) is 6.07. The van der Waals surface area contributed by atoms with Gasteiger partial charge < -0.3 is 15.1 Å². The quantitative estimate of drug-likeness (QED) is 0.895. The maximum Gasteiger partial charge on any atom is 0.287 e.